The van der Waals surface area contributed by atoms with Crippen molar-refractivity contribution < 1.29 is 13.2 Å². The van der Waals surface area contributed by atoms with Gasteiger partial charge in [0.05, 0.1) is 21.5 Å². The Kier molecular flexibility index (Phi) is 6.41. The van der Waals surface area contributed by atoms with E-state index in [2.05, 4.69) is 15.4 Å². The summed E-state index contributed by atoms with van der Waals surface area (Å²) in [5.74, 6) is 0.230. The van der Waals surface area contributed by atoms with Gasteiger partial charge in [0.15, 0.2) is 5.82 Å². The van der Waals surface area contributed by atoms with Crippen LogP contribution in [0, 0.1) is 0 Å². The Morgan fingerprint density at radius 2 is 1.73 bits per heavy atom. The second-order valence-electron chi connectivity index (χ2n) is 7.54. The molecule has 4 rings (SSSR count). The van der Waals surface area contributed by atoms with Gasteiger partial charge in [-0.25, -0.2) is 22.4 Å². The summed E-state index contributed by atoms with van der Waals surface area (Å²) in [6, 6.07) is 19.4. The average molecular weight is 482 g/mol. The first-order valence-electron chi connectivity index (χ1n) is 10.2. The van der Waals surface area contributed by atoms with E-state index in [0.717, 1.165) is 20.4 Å². The van der Waals surface area contributed by atoms with Gasteiger partial charge in [0.1, 0.15) is 0 Å². The molecule has 170 valence electrons. The fourth-order valence-electron chi connectivity index (χ4n) is 3.21. The van der Waals surface area contributed by atoms with Crippen molar-refractivity contribution in [1.82, 2.24) is 24.4 Å². The highest BCUT2D eigenvalue weighted by Gasteiger charge is 2.22. The molecular formula is C23H23N5O3S2. The predicted octanol–water partition coefficient (Wildman–Crippen LogP) is 3.74. The molecule has 0 saturated carbocycles. The zero-order valence-corrected chi connectivity index (χ0v) is 20.0. The van der Waals surface area contributed by atoms with Crippen molar-refractivity contribution in [3.05, 3.63) is 83.5 Å². The predicted molar refractivity (Wildman–Crippen MR) is 128 cm³/mol. The average Bonchev–Trinajstić information content (AvgIpc) is 3.49. The number of para-hydroxylation sites is 1. The maximum absolute atomic E-state index is 13.0. The van der Waals surface area contributed by atoms with E-state index in [4.69, 9.17) is 0 Å². The molecule has 4 aromatic rings. The van der Waals surface area contributed by atoms with Crippen LogP contribution in [0.1, 0.15) is 29.1 Å². The monoisotopic (exact) mass is 481 g/mol. The molecule has 0 aliphatic carbocycles. The summed E-state index contributed by atoms with van der Waals surface area (Å²) in [6.07, 6.45) is 0. The molecule has 0 saturated heterocycles. The summed E-state index contributed by atoms with van der Waals surface area (Å²) in [5, 5.41) is 9.31. The third kappa shape index (κ3) is 4.72. The molecule has 0 spiro atoms. The Hall–Kier alpha value is -3.34. The number of nitrogens with one attached hydrogen (secondary N) is 1. The smallest absolute Gasteiger partial charge is 0.291 e. The highest BCUT2D eigenvalue weighted by molar-refractivity contribution is 7.89. The van der Waals surface area contributed by atoms with Gasteiger partial charge in [0.25, 0.3) is 5.91 Å². The normalized spacial score (nSPS) is 12.6. The first-order chi connectivity index (χ1) is 15.8. The SMILES string of the molecule is CC(NC(=O)c1nc(-c2cccs2)n(-c2ccccc2)n1)c1ccc(S(=O)(=O)N(C)C)cc1. The third-order valence-corrected chi connectivity index (χ3v) is 7.75. The Morgan fingerprint density at radius 1 is 1.03 bits per heavy atom. The zero-order chi connectivity index (χ0) is 23.6. The van der Waals surface area contributed by atoms with E-state index in [1.165, 1.54) is 37.6 Å². The second-order valence-corrected chi connectivity index (χ2v) is 10.6. The topological polar surface area (TPSA) is 97.2 Å². The summed E-state index contributed by atoms with van der Waals surface area (Å²) >= 11 is 1.52. The number of carbonyl (C=O) groups excluding carboxylic acids is 1. The van der Waals surface area contributed by atoms with Gasteiger partial charge in [-0.05, 0) is 48.2 Å². The number of hydrogen-bond donors (Lipinski definition) is 1. The minimum atomic E-state index is -3.51. The number of nitrogens with zero attached hydrogens (tertiary/aromatic N) is 4. The van der Waals surface area contributed by atoms with Crippen LogP contribution in [0.2, 0.25) is 0 Å². The summed E-state index contributed by atoms with van der Waals surface area (Å²) in [7, 11) is -0.543. The van der Waals surface area contributed by atoms with E-state index in [-0.39, 0.29) is 16.8 Å². The van der Waals surface area contributed by atoms with E-state index in [1.54, 1.807) is 16.8 Å². The molecule has 0 bridgehead atoms. The number of aromatic nitrogens is 3. The van der Waals surface area contributed by atoms with Crippen LogP contribution in [-0.4, -0.2) is 47.5 Å². The number of amides is 1. The molecule has 1 amide bonds. The lowest BCUT2D eigenvalue weighted by atomic mass is 10.1. The maximum atomic E-state index is 13.0. The van der Waals surface area contributed by atoms with Gasteiger partial charge in [-0.3, -0.25) is 4.79 Å². The molecule has 2 aromatic heterocycles. The van der Waals surface area contributed by atoms with Crippen LogP contribution in [-0.2, 0) is 10.0 Å². The van der Waals surface area contributed by atoms with Crippen LogP contribution in [0.3, 0.4) is 0 Å². The van der Waals surface area contributed by atoms with Crippen LogP contribution < -0.4 is 5.32 Å². The number of carbonyl (C=O) groups is 1. The fraction of sp³-hybridized carbons (Fsp3) is 0.174. The lowest BCUT2D eigenvalue weighted by Gasteiger charge is -2.15. The summed E-state index contributed by atoms with van der Waals surface area (Å²) in [4.78, 5) is 18.6. The molecule has 0 aliphatic heterocycles. The van der Waals surface area contributed by atoms with E-state index >= 15 is 0 Å². The molecule has 0 aliphatic rings. The van der Waals surface area contributed by atoms with E-state index in [1.807, 2.05) is 54.8 Å². The fourth-order valence-corrected chi connectivity index (χ4v) is 4.81. The largest absolute Gasteiger partial charge is 0.343 e. The standard InChI is InChI=1S/C23H23N5O3S2/c1-16(17-11-13-19(14-12-17)33(30,31)27(2)3)24-23(29)21-25-22(20-10-7-15-32-20)28(26-21)18-8-5-4-6-9-18/h4-16H,1-3H3,(H,24,29). The Balaban J connectivity index is 1.58. The van der Waals surface area contributed by atoms with Crippen molar-refractivity contribution in [2.75, 3.05) is 14.1 Å². The molecule has 33 heavy (non-hydrogen) atoms. The maximum Gasteiger partial charge on any atom is 0.291 e. The zero-order valence-electron chi connectivity index (χ0n) is 18.3. The second kappa shape index (κ2) is 9.26. The number of thiophene rings is 1. The minimum absolute atomic E-state index is 0.0564. The number of sulfonamides is 1. The first kappa shape index (κ1) is 22.8. The van der Waals surface area contributed by atoms with Crippen molar-refractivity contribution in [3.8, 4) is 16.4 Å². The molecule has 0 radical (unpaired) electrons. The molecule has 1 unspecified atom stereocenters. The highest BCUT2D eigenvalue weighted by Crippen LogP contribution is 2.26. The number of hydrogen-bond acceptors (Lipinski definition) is 6. The highest BCUT2D eigenvalue weighted by atomic mass is 32.2. The van der Waals surface area contributed by atoms with Gasteiger partial charge in [-0.2, -0.15) is 0 Å². The molecule has 0 fully saturated rings. The van der Waals surface area contributed by atoms with Crippen LogP contribution in [0.5, 0.6) is 0 Å². The van der Waals surface area contributed by atoms with Crippen molar-refractivity contribution >= 4 is 27.3 Å². The van der Waals surface area contributed by atoms with E-state index in [9.17, 15) is 13.2 Å². The van der Waals surface area contributed by atoms with Gasteiger partial charge in [0, 0.05) is 14.1 Å². The van der Waals surface area contributed by atoms with E-state index in [0.29, 0.717) is 5.82 Å². The van der Waals surface area contributed by atoms with Crippen molar-refractivity contribution in [1.29, 1.82) is 0 Å². The van der Waals surface area contributed by atoms with Gasteiger partial charge < -0.3 is 5.32 Å². The lowest BCUT2D eigenvalue weighted by molar-refractivity contribution is 0.0929. The minimum Gasteiger partial charge on any atom is -0.343 e. The summed E-state index contributed by atoms with van der Waals surface area (Å²) in [6.45, 7) is 1.82. The Morgan fingerprint density at radius 3 is 2.33 bits per heavy atom. The van der Waals surface area contributed by atoms with Crippen molar-refractivity contribution in [2.24, 2.45) is 0 Å². The van der Waals surface area contributed by atoms with Crippen LogP contribution in [0.4, 0.5) is 0 Å². The molecule has 8 nitrogen and oxygen atoms in total. The molecule has 2 aromatic carbocycles. The molecule has 1 N–H and O–H groups in total. The van der Waals surface area contributed by atoms with Gasteiger partial charge in [-0.15, -0.1) is 16.4 Å². The van der Waals surface area contributed by atoms with Gasteiger partial charge >= 0.3 is 0 Å². The van der Waals surface area contributed by atoms with E-state index < -0.39 is 15.9 Å². The lowest BCUT2D eigenvalue weighted by Crippen LogP contribution is -2.28. The Labute approximate surface area is 196 Å². The van der Waals surface area contributed by atoms with Crippen LogP contribution >= 0.6 is 11.3 Å². The number of benzene rings is 2. The molecule has 10 heteroatoms. The van der Waals surface area contributed by atoms with Crippen LogP contribution in [0.15, 0.2) is 77.0 Å². The molecule has 1 atom stereocenters. The number of rotatable bonds is 7. The quantitative estimate of drug-likeness (QED) is 0.434. The summed E-state index contributed by atoms with van der Waals surface area (Å²) in [5.41, 5.74) is 1.57. The third-order valence-electron chi connectivity index (χ3n) is 5.06. The summed E-state index contributed by atoms with van der Waals surface area (Å²) < 4.78 is 27.3. The van der Waals surface area contributed by atoms with Gasteiger partial charge in [0.2, 0.25) is 15.8 Å². The first-order valence-corrected chi connectivity index (χ1v) is 12.5. The van der Waals surface area contributed by atoms with Gasteiger partial charge in [-0.1, -0.05) is 36.4 Å². The molecular weight excluding hydrogens is 458 g/mol. The van der Waals surface area contributed by atoms with Crippen molar-refractivity contribution in [2.45, 2.75) is 17.9 Å². The molecule has 2 heterocycles. The van der Waals surface area contributed by atoms with Crippen LogP contribution in [0.25, 0.3) is 16.4 Å². The van der Waals surface area contributed by atoms with Crippen molar-refractivity contribution in [3.63, 3.8) is 0 Å². The Bertz CT molecular complexity index is 1350.